The van der Waals surface area contributed by atoms with Crippen LogP contribution in [0.25, 0.3) is 0 Å². The fraction of sp³-hybridized carbons (Fsp3) is 0.500. The summed E-state index contributed by atoms with van der Waals surface area (Å²) in [6.45, 7) is 4.40. The highest BCUT2D eigenvalue weighted by atomic mass is 16.1. The number of carbonyl (C=O) groups is 1. The molecule has 1 aromatic carbocycles. The molecule has 1 unspecified atom stereocenters. The van der Waals surface area contributed by atoms with Gasteiger partial charge < -0.3 is 11.1 Å². The van der Waals surface area contributed by atoms with Gasteiger partial charge in [0.05, 0.1) is 12.1 Å². The van der Waals surface area contributed by atoms with Crippen LogP contribution in [-0.2, 0) is 0 Å². The van der Waals surface area contributed by atoms with E-state index in [1.54, 1.807) is 0 Å². The number of amides is 1. The number of nitrogens with one attached hydrogen (secondary N) is 1. The molecular weight excluding hydrogens is 260 g/mol. The summed E-state index contributed by atoms with van der Waals surface area (Å²) in [5.41, 5.74) is 7.93. The molecule has 1 amide bonds. The summed E-state index contributed by atoms with van der Waals surface area (Å²) in [5.74, 6) is 6.41. The second-order valence-electron chi connectivity index (χ2n) is 5.86. The second kappa shape index (κ2) is 7.28. The molecule has 0 spiro atoms. The molecule has 1 fully saturated rings. The topological polar surface area (TPSA) is 55.1 Å². The standard InChI is InChI=1S/C18H24N2O/c1-13-9-10-17(16(12-13)8-5-11-19)18(21)20-14(2)15-6-3-4-7-15/h9-10,12,14-15H,3-4,6-7,11,19H2,1-2H3,(H,20,21). The number of hydrogen-bond acceptors (Lipinski definition) is 2. The first kappa shape index (κ1) is 15.6. The first-order chi connectivity index (χ1) is 10.1. The van der Waals surface area contributed by atoms with Gasteiger partial charge in [0, 0.05) is 11.6 Å². The SMILES string of the molecule is Cc1ccc(C(=O)NC(C)C2CCCC2)c(C#CCN)c1. The van der Waals surface area contributed by atoms with Crippen LogP contribution in [0.15, 0.2) is 18.2 Å². The van der Waals surface area contributed by atoms with E-state index in [2.05, 4.69) is 24.1 Å². The third kappa shape index (κ3) is 4.09. The van der Waals surface area contributed by atoms with E-state index < -0.39 is 0 Å². The lowest BCUT2D eigenvalue weighted by Gasteiger charge is -2.20. The van der Waals surface area contributed by atoms with Crippen LogP contribution in [0.2, 0.25) is 0 Å². The van der Waals surface area contributed by atoms with Crippen LogP contribution in [0, 0.1) is 24.7 Å². The number of rotatable bonds is 3. The van der Waals surface area contributed by atoms with Crippen molar-refractivity contribution in [3.8, 4) is 11.8 Å². The molecule has 0 bridgehead atoms. The number of hydrogen-bond donors (Lipinski definition) is 2. The average Bonchev–Trinajstić information content (AvgIpc) is 2.99. The van der Waals surface area contributed by atoms with Gasteiger partial charge in [-0.3, -0.25) is 4.79 Å². The number of nitrogens with two attached hydrogens (primary N) is 1. The van der Waals surface area contributed by atoms with E-state index in [9.17, 15) is 4.79 Å². The molecule has 0 heterocycles. The van der Waals surface area contributed by atoms with E-state index in [4.69, 9.17) is 5.73 Å². The molecule has 1 aliphatic carbocycles. The molecule has 3 heteroatoms. The largest absolute Gasteiger partial charge is 0.349 e. The molecule has 1 saturated carbocycles. The number of aryl methyl sites for hydroxylation is 1. The third-order valence-corrected chi connectivity index (χ3v) is 4.21. The van der Waals surface area contributed by atoms with Crippen LogP contribution in [-0.4, -0.2) is 18.5 Å². The molecule has 112 valence electrons. The van der Waals surface area contributed by atoms with E-state index in [1.807, 2.05) is 25.1 Å². The molecule has 0 aliphatic heterocycles. The Morgan fingerprint density at radius 3 is 2.81 bits per heavy atom. The van der Waals surface area contributed by atoms with E-state index in [0.717, 1.165) is 11.1 Å². The molecule has 21 heavy (non-hydrogen) atoms. The van der Waals surface area contributed by atoms with Crippen LogP contribution in [0.1, 0.15) is 54.1 Å². The van der Waals surface area contributed by atoms with Crippen LogP contribution in [0.5, 0.6) is 0 Å². The third-order valence-electron chi connectivity index (χ3n) is 4.21. The minimum absolute atomic E-state index is 0.0317. The van der Waals surface area contributed by atoms with E-state index >= 15 is 0 Å². The van der Waals surface area contributed by atoms with Crippen molar-refractivity contribution >= 4 is 5.91 Å². The summed E-state index contributed by atoms with van der Waals surface area (Å²) in [6.07, 6.45) is 5.00. The van der Waals surface area contributed by atoms with Gasteiger partial charge in [-0.05, 0) is 50.3 Å². The fourth-order valence-corrected chi connectivity index (χ4v) is 2.97. The first-order valence-electron chi connectivity index (χ1n) is 7.72. The molecule has 0 saturated heterocycles. The maximum Gasteiger partial charge on any atom is 0.252 e. The van der Waals surface area contributed by atoms with Crippen molar-refractivity contribution in [3.05, 3.63) is 34.9 Å². The lowest BCUT2D eigenvalue weighted by molar-refractivity contribution is 0.0927. The normalized spacial score (nSPS) is 16.1. The predicted octanol–water partition coefficient (Wildman–Crippen LogP) is 2.61. The Bertz CT molecular complexity index is 562. The molecule has 1 atom stereocenters. The van der Waals surface area contributed by atoms with Gasteiger partial charge in [-0.25, -0.2) is 0 Å². The lowest BCUT2D eigenvalue weighted by atomic mass is 9.98. The first-order valence-corrected chi connectivity index (χ1v) is 7.72. The van der Waals surface area contributed by atoms with Crippen molar-refractivity contribution < 1.29 is 4.79 Å². The Balaban J connectivity index is 2.14. The maximum atomic E-state index is 12.5. The summed E-state index contributed by atoms with van der Waals surface area (Å²) in [5, 5.41) is 3.14. The van der Waals surface area contributed by atoms with Crippen molar-refractivity contribution in [2.24, 2.45) is 11.7 Å². The monoisotopic (exact) mass is 284 g/mol. The van der Waals surface area contributed by atoms with Gasteiger partial charge in [0.15, 0.2) is 0 Å². The summed E-state index contributed by atoms with van der Waals surface area (Å²) in [7, 11) is 0. The van der Waals surface area contributed by atoms with Gasteiger partial charge in [-0.1, -0.05) is 30.7 Å². The van der Waals surface area contributed by atoms with Crippen LogP contribution in [0.3, 0.4) is 0 Å². The Labute approximate surface area is 127 Å². The van der Waals surface area contributed by atoms with Gasteiger partial charge in [-0.15, -0.1) is 0 Å². The molecule has 0 radical (unpaired) electrons. The van der Waals surface area contributed by atoms with E-state index in [0.29, 0.717) is 18.0 Å². The number of carbonyl (C=O) groups excluding carboxylic acids is 1. The summed E-state index contributed by atoms with van der Waals surface area (Å²) < 4.78 is 0. The average molecular weight is 284 g/mol. The highest BCUT2D eigenvalue weighted by molar-refractivity contribution is 5.97. The summed E-state index contributed by atoms with van der Waals surface area (Å²) in [6, 6.07) is 5.96. The second-order valence-corrected chi connectivity index (χ2v) is 5.86. The Morgan fingerprint density at radius 1 is 1.43 bits per heavy atom. The Morgan fingerprint density at radius 2 is 2.14 bits per heavy atom. The summed E-state index contributed by atoms with van der Waals surface area (Å²) >= 11 is 0. The van der Waals surface area contributed by atoms with Crippen molar-refractivity contribution in [2.75, 3.05) is 6.54 Å². The zero-order chi connectivity index (χ0) is 15.2. The molecule has 3 N–H and O–H groups in total. The smallest absolute Gasteiger partial charge is 0.252 e. The van der Waals surface area contributed by atoms with Crippen LogP contribution < -0.4 is 11.1 Å². The van der Waals surface area contributed by atoms with Crippen LogP contribution >= 0.6 is 0 Å². The zero-order valence-corrected chi connectivity index (χ0v) is 12.9. The van der Waals surface area contributed by atoms with Crippen molar-refractivity contribution in [3.63, 3.8) is 0 Å². The Hall–Kier alpha value is -1.79. The van der Waals surface area contributed by atoms with Crippen molar-refractivity contribution in [1.29, 1.82) is 0 Å². The van der Waals surface area contributed by atoms with E-state index in [-0.39, 0.29) is 11.9 Å². The van der Waals surface area contributed by atoms with Gasteiger partial charge in [0.2, 0.25) is 0 Å². The molecule has 1 aliphatic rings. The molecular formula is C18H24N2O. The van der Waals surface area contributed by atoms with Gasteiger partial charge >= 0.3 is 0 Å². The summed E-state index contributed by atoms with van der Waals surface area (Å²) in [4.78, 5) is 12.5. The van der Waals surface area contributed by atoms with Gasteiger partial charge in [0.1, 0.15) is 0 Å². The highest BCUT2D eigenvalue weighted by Gasteiger charge is 2.23. The molecule has 1 aromatic rings. The predicted molar refractivity (Wildman–Crippen MR) is 86.0 cm³/mol. The van der Waals surface area contributed by atoms with E-state index in [1.165, 1.54) is 25.7 Å². The Kier molecular flexibility index (Phi) is 5.41. The minimum atomic E-state index is -0.0317. The molecule has 0 aromatic heterocycles. The minimum Gasteiger partial charge on any atom is -0.349 e. The van der Waals surface area contributed by atoms with Crippen molar-refractivity contribution in [1.82, 2.24) is 5.32 Å². The van der Waals surface area contributed by atoms with Gasteiger partial charge in [0.25, 0.3) is 5.91 Å². The van der Waals surface area contributed by atoms with Gasteiger partial charge in [-0.2, -0.15) is 0 Å². The quantitative estimate of drug-likeness (QED) is 0.838. The maximum absolute atomic E-state index is 12.5. The lowest BCUT2D eigenvalue weighted by Crippen LogP contribution is -2.37. The highest BCUT2D eigenvalue weighted by Crippen LogP contribution is 2.27. The zero-order valence-electron chi connectivity index (χ0n) is 12.9. The number of benzene rings is 1. The molecule has 2 rings (SSSR count). The molecule has 3 nitrogen and oxygen atoms in total. The fourth-order valence-electron chi connectivity index (χ4n) is 2.97. The van der Waals surface area contributed by atoms with Crippen molar-refractivity contribution in [2.45, 2.75) is 45.6 Å². The van der Waals surface area contributed by atoms with Crippen LogP contribution in [0.4, 0.5) is 0 Å².